The van der Waals surface area contributed by atoms with Crippen LogP contribution in [0.2, 0.25) is 0 Å². The number of rotatable bonds is 5. The zero-order valence-electron chi connectivity index (χ0n) is 32.4. The smallest absolute Gasteiger partial charge is 0.143 e. The summed E-state index contributed by atoms with van der Waals surface area (Å²) < 4.78 is 19.6. The van der Waals surface area contributed by atoms with E-state index in [9.17, 15) is 0 Å². The molecule has 3 aromatic heterocycles. The predicted octanol–water partition coefficient (Wildman–Crippen LogP) is 16.1. The van der Waals surface area contributed by atoms with Gasteiger partial charge in [-0.2, -0.15) is 0 Å². The minimum absolute atomic E-state index is 0.182. The van der Waals surface area contributed by atoms with E-state index in [1.807, 2.05) is 6.07 Å². The molecule has 12 aromatic rings. The first-order chi connectivity index (χ1) is 29.7. The highest BCUT2D eigenvalue weighted by molar-refractivity contribution is 6.19. The van der Waals surface area contributed by atoms with E-state index in [4.69, 9.17) is 13.3 Å². The third-order valence-corrected chi connectivity index (χ3v) is 12.6. The van der Waals surface area contributed by atoms with Gasteiger partial charge in [0.25, 0.3) is 0 Å². The number of benzene rings is 9. The van der Waals surface area contributed by atoms with Crippen LogP contribution in [0.4, 0.5) is 11.4 Å². The van der Waals surface area contributed by atoms with Crippen molar-refractivity contribution < 1.29 is 13.3 Å². The van der Waals surface area contributed by atoms with Crippen molar-refractivity contribution in [2.45, 2.75) is 12.3 Å². The molecule has 13 rings (SSSR count). The summed E-state index contributed by atoms with van der Waals surface area (Å²) in [5, 5.41) is 11.4. The molecular formula is C56H35NO3. The number of nitrogens with zero attached hydrogens (tertiary/aromatic N) is 1. The molecule has 0 radical (unpaired) electrons. The van der Waals surface area contributed by atoms with Crippen molar-refractivity contribution in [2.75, 3.05) is 4.90 Å². The lowest BCUT2D eigenvalue weighted by molar-refractivity contribution is 0.669. The largest absolute Gasteiger partial charge is 0.456 e. The van der Waals surface area contributed by atoms with Crippen molar-refractivity contribution in [1.82, 2.24) is 0 Å². The number of hydrogen-bond acceptors (Lipinski definition) is 4. The Balaban J connectivity index is 0.933. The van der Waals surface area contributed by atoms with E-state index >= 15 is 0 Å². The molecule has 0 saturated heterocycles. The topological polar surface area (TPSA) is 42.7 Å². The van der Waals surface area contributed by atoms with Crippen LogP contribution in [-0.2, 0) is 0 Å². The molecular weight excluding hydrogens is 735 g/mol. The summed E-state index contributed by atoms with van der Waals surface area (Å²) in [6.07, 6.45) is 7.89. The first-order valence-corrected chi connectivity index (χ1v) is 20.6. The second kappa shape index (κ2) is 12.8. The summed E-state index contributed by atoms with van der Waals surface area (Å²) in [7, 11) is 0. The van der Waals surface area contributed by atoms with Gasteiger partial charge in [0.15, 0.2) is 0 Å². The van der Waals surface area contributed by atoms with Gasteiger partial charge in [0.1, 0.15) is 33.5 Å². The molecule has 3 heterocycles. The second-order valence-electron chi connectivity index (χ2n) is 15.9. The summed E-state index contributed by atoms with van der Waals surface area (Å²) in [6.45, 7) is 0. The Bertz CT molecular complexity index is 3760. The number of anilines is 2. The van der Waals surface area contributed by atoms with Gasteiger partial charge in [-0.3, -0.25) is 0 Å². The maximum atomic E-state index is 6.58. The molecule has 1 unspecified atom stereocenters. The number of para-hydroxylation sites is 1. The lowest BCUT2D eigenvalue weighted by Crippen LogP contribution is -2.17. The van der Waals surface area contributed by atoms with E-state index in [0.29, 0.717) is 0 Å². The molecule has 282 valence electrons. The molecule has 60 heavy (non-hydrogen) atoms. The Kier molecular flexibility index (Phi) is 7.10. The van der Waals surface area contributed by atoms with Gasteiger partial charge >= 0.3 is 0 Å². The molecule has 9 aromatic carbocycles. The van der Waals surface area contributed by atoms with E-state index in [2.05, 4.69) is 193 Å². The van der Waals surface area contributed by atoms with Crippen molar-refractivity contribution in [3.63, 3.8) is 0 Å². The highest BCUT2D eigenvalue weighted by atomic mass is 16.3. The predicted molar refractivity (Wildman–Crippen MR) is 248 cm³/mol. The molecule has 1 aliphatic carbocycles. The molecule has 0 amide bonds. The van der Waals surface area contributed by atoms with Crippen LogP contribution in [0.25, 0.3) is 98.5 Å². The lowest BCUT2D eigenvalue weighted by atomic mass is 9.88. The maximum Gasteiger partial charge on any atom is 0.143 e. The van der Waals surface area contributed by atoms with Gasteiger partial charge in [-0.25, -0.2) is 0 Å². The standard InChI is InChI=1S/C56H35NO3/c1-3-12-42-34(10-1)26-32-45-52-40(15-7-19-49(52)59-55(42)45)36-22-28-38(29-23-36)57(47-17-9-21-51-54(47)44-14-5-6-18-48(44)58-51)39-30-24-37(25-31-39)41-16-8-20-50-53(41)46-33-27-35-11-2-4-13-43(35)56(46)60-50/h1-24,26-33,37H,25H2. The summed E-state index contributed by atoms with van der Waals surface area (Å²) in [5.74, 6) is 0.182. The molecule has 0 fully saturated rings. The Morgan fingerprint density at radius 3 is 1.75 bits per heavy atom. The highest BCUT2D eigenvalue weighted by Crippen LogP contribution is 2.46. The Labute approximate surface area is 344 Å². The SMILES string of the molecule is C1=CC(c2cccc3oc4c5ccccc5ccc4c23)CC=C1N(c1ccc(-c2cccc3oc4c5ccccc5ccc4c23)cc1)c1cccc2oc3ccccc3c12. The minimum Gasteiger partial charge on any atom is -0.456 e. The highest BCUT2D eigenvalue weighted by Gasteiger charge is 2.24. The van der Waals surface area contributed by atoms with Crippen LogP contribution in [0.15, 0.2) is 213 Å². The van der Waals surface area contributed by atoms with Crippen molar-refractivity contribution >= 4 is 98.7 Å². The second-order valence-corrected chi connectivity index (χ2v) is 15.9. The van der Waals surface area contributed by atoms with Crippen molar-refractivity contribution in [3.8, 4) is 11.1 Å². The fourth-order valence-electron chi connectivity index (χ4n) is 9.85. The molecule has 1 atom stereocenters. The fourth-order valence-corrected chi connectivity index (χ4v) is 9.85. The van der Waals surface area contributed by atoms with Crippen LogP contribution in [0.3, 0.4) is 0 Å². The van der Waals surface area contributed by atoms with Gasteiger partial charge < -0.3 is 18.2 Å². The molecule has 0 aliphatic heterocycles. The third-order valence-electron chi connectivity index (χ3n) is 12.6. The van der Waals surface area contributed by atoms with E-state index in [0.717, 1.165) is 106 Å². The number of hydrogen-bond donors (Lipinski definition) is 0. The van der Waals surface area contributed by atoms with Crippen LogP contribution >= 0.6 is 0 Å². The quantitative estimate of drug-likeness (QED) is 0.175. The number of fused-ring (bicyclic) bond motifs is 13. The van der Waals surface area contributed by atoms with Crippen LogP contribution in [0, 0.1) is 0 Å². The van der Waals surface area contributed by atoms with Crippen LogP contribution in [0.1, 0.15) is 17.9 Å². The molecule has 0 bridgehead atoms. The van der Waals surface area contributed by atoms with Crippen molar-refractivity contribution in [3.05, 3.63) is 205 Å². The molecule has 0 saturated carbocycles. The average Bonchev–Trinajstić information content (AvgIpc) is 4.02. The summed E-state index contributed by atoms with van der Waals surface area (Å²) >= 11 is 0. The van der Waals surface area contributed by atoms with Gasteiger partial charge in [0.05, 0.1) is 11.1 Å². The normalized spacial score (nSPS) is 14.5. The fraction of sp³-hybridized carbons (Fsp3) is 0.0357. The van der Waals surface area contributed by atoms with E-state index in [1.54, 1.807) is 0 Å². The summed E-state index contributed by atoms with van der Waals surface area (Å²) in [4.78, 5) is 2.39. The summed E-state index contributed by atoms with van der Waals surface area (Å²) in [6, 6.07) is 62.3. The first-order valence-electron chi connectivity index (χ1n) is 20.6. The lowest BCUT2D eigenvalue weighted by Gasteiger charge is -2.30. The molecule has 4 heteroatoms. The van der Waals surface area contributed by atoms with Gasteiger partial charge in [-0.05, 0) is 94.6 Å². The van der Waals surface area contributed by atoms with Gasteiger partial charge in [-0.1, -0.05) is 133 Å². The third kappa shape index (κ3) is 4.91. The van der Waals surface area contributed by atoms with Crippen molar-refractivity contribution in [2.24, 2.45) is 0 Å². The molecule has 0 spiro atoms. The Morgan fingerprint density at radius 2 is 1.03 bits per heavy atom. The molecule has 4 nitrogen and oxygen atoms in total. The van der Waals surface area contributed by atoms with Gasteiger partial charge in [0, 0.05) is 55.0 Å². The first kappa shape index (κ1) is 33.2. The van der Waals surface area contributed by atoms with Crippen LogP contribution < -0.4 is 4.90 Å². The molecule has 1 aliphatic rings. The van der Waals surface area contributed by atoms with E-state index in [1.165, 1.54) is 21.7 Å². The minimum atomic E-state index is 0.182. The van der Waals surface area contributed by atoms with E-state index < -0.39 is 0 Å². The van der Waals surface area contributed by atoms with E-state index in [-0.39, 0.29) is 5.92 Å². The maximum absolute atomic E-state index is 6.58. The summed E-state index contributed by atoms with van der Waals surface area (Å²) in [5.41, 5.74) is 12.3. The zero-order valence-corrected chi connectivity index (χ0v) is 32.4. The zero-order chi connectivity index (χ0) is 39.3. The molecule has 0 N–H and O–H groups in total. The number of allylic oxidation sites excluding steroid dienone is 3. The Morgan fingerprint density at radius 1 is 0.433 bits per heavy atom. The van der Waals surface area contributed by atoms with Crippen LogP contribution in [-0.4, -0.2) is 0 Å². The Hall–Kier alpha value is -7.82. The van der Waals surface area contributed by atoms with Crippen LogP contribution in [0.5, 0.6) is 0 Å². The monoisotopic (exact) mass is 769 g/mol. The van der Waals surface area contributed by atoms with Gasteiger partial charge in [0.2, 0.25) is 0 Å². The number of furan rings is 3. The average molecular weight is 770 g/mol. The van der Waals surface area contributed by atoms with Gasteiger partial charge in [-0.15, -0.1) is 0 Å². The van der Waals surface area contributed by atoms with Crippen molar-refractivity contribution in [1.29, 1.82) is 0 Å².